The average Bonchev–Trinajstić information content (AvgIpc) is 3.23. The summed E-state index contributed by atoms with van der Waals surface area (Å²) in [5.74, 6) is -0.878. The second-order valence-electron chi connectivity index (χ2n) is 6.75. The standard InChI is InChI=1S/C18H24F2N4OS/c1-11(2)24-8-6-15(17(24)12-4-5-13(19)14(20)10-12)21-18-22-16(23-26-18)7-9-25-3/h4-5,10-11,15,17H,6-9H2,1-3H3,(H,21,22,23). The molecule has 5 nitrogen and oxygen atoms in total. The Hall–Kier alpha value is -1.64. The molecular weight excluding hydrogens is 358 g/mol. The minimum absolute atomic E-state index is 0.0450. The van der Waals surface area contributed by atoms with E-state index >= 15 is 0 Å². The molecular formula is C18H24F2N4OS. The van der Waals surface area contributed by atoms with Crippen molar-refractivity contribution in [2.75, 3.05) is 25.6 Å². The van der Waals surface area contributed by atoms with Gasteiger partial charge in [0.15, 0.2) is 11.6 Å². The number of likely N-dealkylation sites (tertiary alicyclic amines) is 1. The van der Waals surface area contributed by atoms with E-state index in [0.717, 1.165) is 29.5 Å². The molecule has 2 aromatic rings. The topological polar surface area (TPSA) is 50.3 Å². The van der Waals surface area contributed by atoms with Gasteiger partial charge in [-0.1, -0.05) is 6.07 Å². The molecule has 0 aliphatic carbocycles. The van der Waals surface area contributed by atoms with E-state index in [2.05, 4.69) is 33.4 Å². The summed E-state index contributed by atoms with van der Waals surface area (Å²) < 4.78 is 36.5. The van der Waals surface area contributed by atoms with E-state index < -0.39 is 11.6 Å². The van der Waals surface area contributed by atoms with Crippen molar-refractivity contribution in [3.63, 3.8) is 0 Å². The van der Waals surface area contributed by atoms with Crippen LogP contribution in [0.15, 0.2) is 18.2 Å². The highest BCUT2D eigenvalue weighted by Gasteiger charge is 2.37. The molecule has 142 valence electrons. The van der Waals surface area contributed by atoms with Gasteiger partial charge < -0.3 is 10.1 Å². The number of aromatic nitrogens is 2. The predicted octanol–water partition coefficient (Wildman–Crippen LogP) is 3.64. The molecule has 0 spiro atoms. The zero-order chi connectivity index (χ0) is 18.7. The molecule has 0 bridgehead atoms. The van der Waals surface area contributed by atoms with Crippen LogP contribution in [-0.4, -0.2) is 46.6 Å². The van der Waals surface area contributed by atoms with Gasteiger partial charge in [0.1, 0.15) is 5.82 Å². The van der Waals surface area contributed by atoms with Crippen molar-refractivity contribution in [3.8, 4) is 0 Å². The number of hydrogen-bond acceptors (Lipinski definition) is 6. The molecule has 1 aliphatic heterocycles. The molecule has 2 atom stereocenters. The quantitative estimate of drug-likeness (QED) is 0.792. The zero-order valence-corrected chi connectivity index (χ0v) is 16.0. The van der Waals surface area contributed by atoms with Crippen LogP contribution in [0.3, 0.4) is 0 Å². The molecule has 2 heterocycles. The Morgan fingerprint density at radius 1 is 1.35 bits per heavy atom. The Bertz CT molecular complexity index is 740. The van der Waals surface area contributed by atoms with Gasteiger partial charge in [0, 0.05) is 43.7 Å². The molecule has 26 heavy (non-hydrogen) atoms. The molecule has 1 N–H and O–H groups in total. The molecule has 0 amide bonds. The van der Waals surface area contributed by atoms with E-state index in [1.165, 1.54) is 23.7 Å². The lowest BCUT2D eigenvalue weighted by molar-refractivity contribution is 0.200. The monoisotopic (exact) mass is 382 g/mol. The summed E-state index contributed by atoms with van der Waals surface area (Å²) in [5.41, 5.74) is 0.775. The molecule has 3 rings (SSSR count). The van der Waals surface area contributed by atoms with Crippen molar-refractivity contribution in [1.82, 2.24) is 14.3 Å². The minimum atomic E-state index is -0.820. The number of nitrogens with zero attached hydrogens (tertiary/aromatic N) is 3. The number of ether oxygens (including phenoxy) is 1. The van der Waals surface area contributed by atoms with Crippen molar-refractivity contribution in [1.29, 1.82) is 0 Å². The van der Waals surface area contributed by atoms with Gasteiger partial charge in [-0.15, -0.1) is 0 Å². The lowest BCUT2D eigenvalue weighted by atomic mass is 9.99. The van der Waals surface area contributed by atoms with Crippen LogP contribution in [0, 0.1) is 11.6 Å². The van der Waals surface area contributed by atoms with E-state index in [0.29, 0.717) is 19.1 Å². The summed E-state index contributed by atoms with van der Waals surface area (Å²) in [5, 5.41) is 4.20. The fourth-order valence-electron chi connectivity index (χ4n) is 3.43. The summed E-state index contributed by atoms with van der Waals surface area (Å²) in [4.78, 5) is 6.81. The van der Waals surface area contributed by atoms with Crippen molar-refractivity contribution < 1.29 is 13.5 Å². The lowest BCUT2D eigenvalue weighted by Crippen LogP contribution is -2.35. The maximum absolute atomic E-state index is 13.8. The first-order valence-corrected chi connectivity index (χ1v) is 9.55. The summed E-state index contributed by atoms with van der Waals surface area (Å²) in [7, 11) is 1.65. The minimum Gasteiger partial charge on any atom is -0.384 e. The third-order valence-electron chi connectivity index (χ3n) is 4.69. The number of halogens is 2. The number of nitrogens with one attached hydrogen (secondary N) is 1. The van der Waals surface area contributed by atoms with E-state index in [4.69, 9.17) is 4.74 Å². The van der Waals surface area contributed by atoms with Gasteiger partial charge >= 0.3 is 0 Å². The van der Waals surface area contributed by atoms with Gasteiger partial charge in [0.05, 0.1) is 12.6 Å². The van der Waals surface area contributed by atoms with Gasteiger partial charge in [-0.25, -0.2) is 13.8 Å². The van der Waals surface area contributed by atoms with E-state index in [1.807, 2.05) is 0 Å². The molecule has 1 saturated heterocycles. The van der Waals surface area contributed by atoms with Crippen molar-refractivity contribution in [2.24, 2.45) is 0 Å². The second-order valence-corrected chi connectivity index (χ2v) is 7.50. The first-order valence-electron chi connectivity index (χ1n) is 8.78. The molecule has 1 aromatic heterocycles. The van der Waals surface area contributed by atoms with Crippen LogP contribution in [-0.2, 0) is 11.2 Å². The first-order chi connectivity index (χ1) is 12.5. The lowest BCUT2D eigenvalue weighted by Gasteiger charge is -2.31. The number of benzene rings is 1. The Balaban J connectivity index is 1.80. The second kappa shape index (κ2) is 8.37. The molecule has 0 radical (unpaired) electrons. The molecule has 2 unspecified atom stereocenters. The fourth-order valence-corrected chi connectivity index (χ4v) is 4.11. The summed E-state index contributed by atoms with van der Waals surface area (Å²) in [6, 6.07) is 4.49. The maximum Gasteiger partial charge on any atom is 0.202 e. The van der Waals surface area contributed by atoms with Crippen molar-refractivity contribution >= 4 is 16.7 Å². The molecule has 1 aliphatic rings. The van der Waals surface area contributed by atoms with Gasteiger partial charge in [-0.05, 0) is 38.0 Å². The number of rotatable bonds is 7. The predicted molar refractivity (Wildman–Crippen MR) is 98.5 cm³/mol. The highest BCUT2D eigenvalue weighted by Crippen LogP contribution is 2.36. The van der Waals surface area contributed by atoms with Gasteiger partial charge in [0.2, 0.25) is 5.13 Å². The summed E-state index contributed by atoms with van der Waals surface area (Å²) >= 11 is 1.32. The summed E-state index contributed by atoms with van der Waals surface area (Å²) in [6.45, 7) is 5.69. The Morgan fingerprint density at radius 2 is 2.15 bits per heavy atom. The zero-order valence-electron chi connectivity index (χ0n) is 15.2. The average molecular weight is 382 g/mol. The van der Waals surface area contributed by atoms with Crippen LogP contribution in [0.4, 0.5) is 13.9 Å². The Labute approximate surface area is 156 Å². The first kappa shape index (κ1) is 19.1. The third-order valence-corrected chi connectivity index (χ3v) is 5.38. The summed E-state index contributed by atoms with van der Waals surface area (Å²) in [6.07, 6.45) is 1.57. The van der Waals surface area contributed by atoms with E-state index in [-0.39, 0.29) is 12.1 Å². The third kappa shape index (κ3) is 4.19. The van der Waals surface area contributed by atoms with Crippen LogP contribution in [0.5, 0.6) is 0 Å². The largest absolute Gasteiger partial charge is 0.384 e. The van der Waals surface area contributed by atoms with E-state index in [9.17, 15) is 8.78 Å². The molecule has 1 fully saturated rings. The van der Waals surface area contributed by atoms with Crippen LogP contribution < -0.4 is 5.32 Å². The van der Waals surface area contributed by atoms with Crippen LogP contribution >= 0.6 is 11.5 Å². The Morgan fingerprint density at radius 3 is 2.85 bits per heavy atom. The molecule has 8 heteroatoms. The number of anilines is 1. The number of hydrogen-bond donors (Lipinski definition) is 1. The maximum atomic E-state index is 13.8. The SMILES string of the molecule is COCCc1nsc(NC2CCN(C(C)C)C2c2ccc(F)c(F)c2)n1. The van der Waals surface area contributed by atoms with E-state index in [1.54, 1.807) is 13.2 Å². The Kier molecular flexibility index (Phi) is 6.16. The van der Waals surface area contributed by atoms with Gasteiger partial charge in [-0.2, -0.15) is 4.37 Å². The number of methoxy groups -OCH3 is 1. The van der Waals surface area contributed by atoms with Crippen LogP contribution in [0.1, 0.15) is 37.7 Å². The highest BCUT2D eigenvalue weighted by molar-refractivity contribution is 7.09. The van der Waals surface area contributed by atoms with Crippen LogP contribution in [0.2, 0.25) is 0 Å². The highest BCUT2D eigenvalue weighted by atomic mass is 32.1. The van der Waals surface area contributed by atoms with Crippen molar-refractivity contribution in [3.05, 3.63) is 41.2 Å². The molecule has 0 saturated carbocycles. The van der Waals surface area contributed by atoms with Crippen LogP contribution in [0.25, 0.3) is 0 Å². The van der Waals surface area contributed by atoms with Gasteiger partial charge in [-0.3, -0.25) is 4.90 Å². The normalized spacial score (nSPS) is 20.8. The fraction of sp³-hybridized carbons (Fsp3) is 0.556. The van der Waals surface area contributed by atoms with Crippen molar-refractivity contribution in [2.45, 2.75) is 44.8 Å². The smallest absolute Gasteiger partial charge is 0.202 e. The van der Waals surface area contributed by atoms with Gasteiger partial charge in [0.25, 0.3) is 0 Å². The molecule has 1 aromatic carbocycles.